The molecule has 1 aromatic carbocycles. The number of benzene rings is 1. The molecule has 0 saturated heterocycles. The van der Waals surface area contributed by atoms with Crippen LogP contribution in [0.25, 0.3) is 22.4 Å². The monoisotopic (exact) mass is 315 g/mol. The van der Waals surface area contributed by atoms with Gasteiger partial charge in [-0.05, 0) is 17.7 Å². The van der Waals surface area contributed by atoms with Crippen LogP contribution in [0.4, 0.5) is 5.82 Å². The lowest BCUT2D eigenvalue weighted by Crippen LogP contribution is -1.89. The summed E-state index contributed by atoms with van der Waals surface area (Å²) in [5.74, 6) is 0.456. The number of halogens is 1. The van der Waals surface area contributed by atoms with Crippen LogP contribution >= 0.6 is 15.9 Å². The molecule has 3 rings (SSSR count). The molecule has 0 radical (unpaired) electrons. The maximum Gasteiger partial charge on any atom is 0.153 e. The molecule has 94 valence electrons. The first kappa shape index (κ1) is 11.9. The Bertz CT molecular complexity index is 708. The molecule has 0 aliphatic carbocycles. The van der Waals surface area contributed by atoms with Crippen molar-refractivity contribution in [3.63, 3.8) is 0 Å². The minimum atomic E-state index is 0.456. The van der Waals surface area contributed by atoms with Crippen molar-refractivity contribution < 1.29 is 0 Å². The molecule has 0 atom stereocenters. The first-order valence-corrected chi connectivity index (χ1v) is 6.40. The fourth-order valence-corrected chi connectivity index (χ4v) is 2.33. The number of anilines is 1. The third kappa shape index (κ3) is 2.22. The summed E-state index contributed by atoms with van der Waals surface area (Å²) in [6.07, 6.45) is 4.94. The van der Waals surface area contributed by atoms with Crippen LogP contribution in [-0.4, -0.2) is 20.2 Å². The van der Waals surface area contributed by atoms with Gasteiger partial charge in [0.25, 0.3) is 0 Å². The summed E-state index contributed by atoms with van der Waals surface area (Å²) in [5, 5.41) is 7.02. The van der Waals surface area contributed by atoms with Gasteiger partial charge in [0.15, 0.2) is 5.82 Å². The van der Waals surface area contributed by atoms with E-state index in [1.165, 1.54) is 6.33 Å². The lowest BCUT2D eigenvalue weighted by molar-refractivity contribution is 1.09. The van der Waals surface area contributed by atoms with Gasteiger partial charge in [0.05, 0.1) is 11.3 Å². The van der Waals surface area contributed by atoms with Crippen molar-refractivity contribution in [2.45, 2.75) is 0 Å². The van der Waals surface area contributed by atoms with Crippen molar-refractivity contribution >= 4 is 21.7 Å². The minimum absolute atomic E-state index is 0.456. The molecule has 0 bridgehead atoms. The number of H-pyrrole nitrogens is 1. The van der Waals surface area contributed by atoms with E-state index in [0.29, 0.717) is 5.82 Å². The summed E-state index contributed by atoms with van der Waals surface area (Å²) < 4.78 is 0.987. The average Bonchev–Trinajstić information content (AvgIpc) is 2.82. The van der Waals surface area contributed by atoms with E-state index in [-0.39, 0.29) is 0 Å². The number of nitrogens with one attached hydrogen (secondary N) is 1. The second-order valence-electron chi connectivity index (χ2n) is 4.00. The zero-order valence-electron chi connectivity index (χ0n) is 9.84. The first-order valence-electron chi connectivity index (χ1n) is 5.61. The number of rotatable bonds is 2. The fourth-order valence-electron chi connectivity index (χ4n) is 1.93. The Hall–Kier alpha value is -2.21. The summed E-state index contributed by atoms with van der Waals surface area (Å²) >= 11 is 3.46. The topological polar surface area (TPSA) is 80.5 Å². The molecule has 0 unspecified atom stereocenters. The lowest BCUT2D eigenvalue weighted by Gasteiger charge is -2.04. The van der Waals surface area contributed by atoms with Crippen LogP contribution in [0.2, 0.25) is 0 Å². The van der Waals surface area contributed by atoms with E-state index in [1.54, 1.807) is 12.4 Å². The number of nitrogens with zero attached hydrogens (tertiary/aromatic N) is 3. The number of aromatic nitrogens is 4. The number of nitrogens with two attached hydrogens (primary N) is 1. The maximum atomic E-state index is 5.96. The molecule has 6 heteroatoms. The van der Waals surface area contributed by atoms with Gasteiger partial charge in [0.1, 0.15) is 6.33 Å². The molecule has 19 heavy (non-hydrogen) atoms. The summed E-state index contributed by atoms with van der Waals surface area (Å²) in [6, 6.07) is 7.90. The highest BCUT2D eigenvalue weighted by molar-refractivity contribution is 9.10. The Labute approximate surface area is 118 Å². The molecule has 3 aromatic rings. The molecule has 0 fully saturated rings. The largest absolute Gasteiger partial charge is 0.382 e. The van der Waals surface area contributed by atoms with Crippen molar-refractivity contribution in [1.82, 2.24) is 20.2 Å². The van der Waals surface area contributed by atoms with Crippen molar-refractivity contribution in [3.8, 4) is 22.4 Å². The van der Waals surface area contributed by atoms with Crippen LogP contribution in [0.1, 0.15) is 0 Å². The molecular formula is C13H10BrN5. The molecule has 5 nitrogen and oxygen atoms in total. The molecule has 0 spiro atoms. The van der Waals surface area contributed by atoms with Gasteiger partial charge in [-0.1, -0.05) is 28.1 Å². The molecule has 3 N–H and O–H groups in total. The Morgan fingerprint density at radius 1 is 1.11 bits per heavy atom. The Morgan fingerprint density at radius 2 is 1.89 bits per heavy atom. The summed E-state index contributed by atoms with van der Waals surface area (Å²) in [6.45, 7) is 0. The number of hydrogen-bond donors (Lipinski definition) is 2. The highest BCUT2D eigenvalue weighted by atomic mass is 79.9. The predicted molar refractivity (Wildman–Crippen MR) is 77.2 cm³/mol. The van der Waals surface area contributed by atoms with Crippen LogP contribution in [0, 0.1) is 0 Å². The minimum Gasteiger partial charge on any atom is -0.382 e. The average molecular weight is 316 g/mol. The summed E-state index contributed by atoms with van der Waals surface area (Å²) in [7, 11) is 0. The number of hydrogen-bond acceptors (Lipinski definition) is 4. The van der Waals surface area contributed by atoms with Gasteiger partial charge in [-0.15, -0.1) is 0 Å². The normalized spacial score (nSPS) is 10.6. The van der Waals surface area contributed by atoms with Gasteiger partial charge < -0.3 is 5.73 Å². The van der Waals surface area contributed by atoms with Gasteiger partial charge in [-0.2, -0.15) is 5.10 Å². The maximum absolute atomic E-state index is 5.96. The van der Waals surface area contributed by atoms with Gasteiger partial charge >= 0.3 is 0 Å². The second kappa shape index (κ2) is 4.81. The van der Waals surface area contributed by atoms with E-state index >= 15 is 0 Å². The Balaban J connectivity index is 2.20. The van der Waals surface area contributed by atoms with Gasteiger partial charge in [-0.25, -0.2) is 9.97 Å². The third-order valence-electron chi connectivity index (χ3n) is 2.76. The van der Waals surface area contributed by atoms with Crippen LogP contribution in [0.3, 0.4) is 0 Å². The van der Waals surface area contributed by atoms with Gasteiger partial charge in [0.2, 0.25) is 0 Å². The van der Waals surface area contributed by atoms with Gasteiger partial charge in [0, 0.05) is 22.4 Å². The van der Waals surface area contributed by atoms with Crippen LogP contribution in [0.15, 0.2) is 47.5 Å². The van der Waals surface area contributed by atoms with Crippen molar-refractivity contribution in [3.05, 3.63) is 47.5 Å². The molecule has 0 aliphatic heterocycles. The van der Waals surface area contributed by atoms with E-state index in [2.05, 4.69) is 36.1 Å². The van der Waals surface area contributed by atoms with Crippen LogP contribution in [0.5, 0.6) is 0 Å². The third-order valence-corrected chi connectivity index (χ3v) is 3.25. The molecule has 2 heterocycles. The Kier molecular flexibility index (Phi) is 3.00. The number of aromatic amines is 1. The van der Waals surface area contributed by atoms with Crippen molar-refractivity contribution in [1.29, 1.82) is 0 Å². The molecule has 0 saturated carbocycles. The van der Waals surface area contributed by atoms with E-state index in [0.717, 1.165) is 26.9 Å². The summed E-state index contributed by atoms with van der Waals surface area (Å²) in [4.78, 5) is 8.03. The quantitative estimate of drug-likeness (QED) is 0.762. The molecular weight excluding hydrogens is 306 g/mol. The lowest BCUT2D eigenvalue weighted by atomic mass is 10.0. The van der Waals surface area contributed by atoms with E-state index in [1.807, 2.05) is 24.3 Å². The van der Waals surface area contributed by atoms with E-state index < -0.39 is 0 Å². The van der Waals surface area contributed by atoms with E-state index in [4.69, 9.17) is 5.73 Å². The van der Waals surface area contributed by atoms with E-state index in [9.17, 15) is 0 Å². The van der Waals surface area contributed by atoms with Crippen LogP contribution in [-0.2, 0) is 0 Å². The van der Waals surface area contributed by atoms with Crippen molar-refractivity contribution in [2.24, 2.45) is 0 Å². The fraction of sp³-hybridized carbons (Fsp3) is 0. The SMILES string of the molecule is Nc1n[nH]c(-c2cncnc2)c1-c1cccc(Br)c1. The van der Waals surface area contributed by atoms with Crippen molar-refractivity contribution in [2.75, 3.05) is 5.73 Å². The smallest absolute Gasteiger partial charge is 0.153 e. The Morgan fingerprint density at radius 3 is 2.63 bits per heavy atom. The first-order chi connectivity index (χ1) is 9.25. The highest BCUT2D eigenvalue weighted by Gasteiger charge is 2.15. The number of nitrogen functional groups attached to an aromatic ring is 1. The predicted octanol–water partition coefficient (Wildman–Crippen LogP) is 2.88. The van der Waals surface area contributed by atoms with Gasteiger partial charge in [-0.3, -0.25) is 5.10 Å². The standard InChI is InChI=1S/C13H10BrN5/c14-10-3-1-2-8(4-10)11-12(18-19-13(11)15)9-5-16-7-17-6-9/h1-7H,(H3,15,18,19). The second-order valence-corrected chi connectivity index (χ2v) is 4.91. The van der Waals surface area contributed by atoms with Crippen LogP contribution < -0.4 is 5.73 Å². The summed E-state index contributed by atoms with van der Waals surface area (Å²) in [5.41, 5.74) is 9.47. The molecule has 0 aliphatic rings. The zero-order valence-corrected chi connectivity index (χ0v) is 11.4. The zero-order chi connectivity index (χ0) is 13.2. The highest BCUT2D eigenvalue weighted by Crippen LogP contribution is 2.34. The molecule has 0 amide bonds. The molecule has 2 aromatic heterocycles.